The highest BCUT2D eigenvalue weighted by Crippen LogP contribution is 1.87. The van der Waals surface area contributed by atoms with E-state index < -0.39 is 9.76 Å². The minimum atomic E-state index is -0.814. The normalized spacial score (nSPS) is 10.9. The van der Waals surface area contributed by atoms with E-state index in [-0.39, 0.29) is 0 Å². The summed E-state index contributed by atoms with van der Waals surface area (Å²) in [7, 11) is -0.814. The van der Waals surface area contributed by atoms with Crippen LogP contribution >= 0.6 is 0 Å². The number of hydrogen-bond donors (Lipinski definition) is 0. The van der Waals surface area contributed by atoms with E-state index in [2.05, 4.69) is 0 Å². The molecule has 0 aliphatic carbocycles. The molecule has 0 aliphatic rings. The lowest BCUT2D eigenvalue weighted by molar-refractivity contribution is -0.112. The molecule has 0 aromatic carbocycles. The molecule has 3 heteroatoms. The minimum absolute atomic E-state index is 0.347. The molecule has 9 heavy (non-hydrogen) atoms. The summed E-state index contributed by atoms with van der Waals surface area (Å²) in [5.41, 5.74) is 0. The summed E-state index contributed by atoms with van der Waals surface area (Å²) < 4.78 is 5.04. The second kappa shape index (κ2) is 5.97. The van der Waals surface area contributed by atoms with Gasteiger partial charge in [0, 0.05) is 13.0 Å². The zero-order chi connectivity index (χ0) is 7.11. The number of carbonyl (C=O) groups excluding carboxylic acids is 1. The van der Waals surface area contributed by atoms with Gasteiger partial charge in [-0.25, -0.2) is 0 Å². The second-order valence-corrected chi connectivity index (χ2v) is 3.41. The lowest BCUT2D eigenvalue weighted by Crippen LogP contribution is -2.11. The van der Waals surface area contributed by atoms with Crippen LogP contribution in [0.25, 0.3) is 0 Å². The molecule has 0 radical (unpaired) electrons. The summed E-state index contributed by atoms with van der Waals surface area (Å²) in [5, 5.41) is 0.347. The Kier molecular flexibility index (Phi) is 5.87. The zero-order valence-corrected chi connectivity index (χ0v) is 7.56. The van der Waals surface area contributed by atoms with Crippen molar-refractivity contribution < 1.29 is 9.22 Å². The van der Waals surface area contributed by atoms with Crippen LogP contribution in [0.1, 0.15) is 26.7 Å². The van der Waals surface area contributed by atoms with Gasteiger partial charge in [-0.15, -0.1) is 0 Å². The van der Waals surface area contributed by atoms with Crippen LogP contribution < -0.4 is 0 Å². The molecule has 0 fully saturated rings. The van der Waals surface area contributed by atoms with Gasteiger partial charge in [-0.05, 0) is 13.3 Å². The number of rotatable bonds is 5. The van der Waals surface area contributed by atoms with Gasteiger partial charge in [0.2, 0.25) is 9.76 Å². The summed E-state index contributed by atoms with van der Waals surface area (Å²) in [5.74, 6) is 0. The van der Waals surface area contributed by atoms with Crippen molar-refractivity contribution in [1.29, 1.82) is 0 Å². The molecule has 0 amide bonds. The molecule has 0 rings (SSSR count). The van der Waals surface area contributed by atoms with Crippen molar-refractivity contribution >= 4 is 15.2 Å². The predicted octanol–water partition coefficient (Wildman–Crippen LogP) is 0.433. The maximum atomic E-state index is 10.7. The third-order valence-corrected chi connectivity index (χ3v) is 2.28. The Bertz CT molecular complexity index is 83.1. The van der Waals surface area contributed by atoms with E-state index in [1.165, 1.54) is 0 Å². The van der Waals surface area contributed by atoms with Crippen LogP contribution in [0.15, 0.2) is 0 Å². The minimum Gasteiger partial charge on any atom is -0.415 e. The summed E-state index contributed by atoms with van der Waals surface area (Å²) >= 11 is 0. The van der Waals surface area contributed by atoms with E-state index in [9.17, 15) is 4.79 Å². The first-order valence-corrected chi connectivity index (χ1v) is 4.69. The largest absolute Gasteiger partial charge is 0.415 e. The Labute approximate surface area is 58.5 Å². The first-order valence-electron chi connectivity index (χ1n) is 3.40. The highest BCUT2D eigenvalue weighted by molar-refractivity contribution is 6.68. The molecule has 0 aliphatic heterocycles. The van der Waals surface area contributed by atoms with Crippen molar-refractivity contribution in [1.82, 2.24) is 0 Å². The Morgan fingerprint density at radius 2 is 2.22 bits per heavy atom. The monoisotopic (exact) mass is 146 g/mol. The van der Waals surface area contributed by atoms with Crippen molar-refractivity contribution in [3.05, 3.63) is 0 Å². The zero-order valence-electron chi connectivity index (χ0n) is 6.14. The number of hydrogen-bond acceptors (Lipinski definition) is 2. The third-order valence-electron chi connectivity index (χ3n) is 0.996. The van der Waals surface area contributed by atoms with E-state index in [1.54, 1.807) is 0 Å². The van der Waals surface area contributed by atoms with Crippen LogP contribution in [0.2, 0.25) is 0 Å². The molecule has 54 valence electrons. The molecule has 0 unspecified atom stereocenters. The molecule has 0 heterocycles. The fraction of sp³-hybridized carbons (Fsp3) is 0.833. The highest BCUT2D eigenvalue weighted by Gasteiger charge is 1.98. The van der Waals surface area contributed by atoms with Crippen molar-refractivity contribution in [3.63, 3.8) is 0 Å². The molecule has 0 aromatic heterocycles. The Balaban J connectivity index is 3.06. The summed E-state index contributed by atoms with van der Waals surface area (Å²) in [6.45, 7) is 4.63. The molecule has 0 aromatic rings. The first-order chi connectivity index (χ1) is 4.31. The second-order valence-electron chi connectivity index (χ2n) is 1.93. The van der Waals surface area contributed by atoms with Gasteiger partial charge in [-0.2, -0.15) is 0 Å². The maximum absolute atomic E-state index is 10.7. The predicted molar refractivity (Wildman–Crippen MR) is 40.1 cm³/mol. The Hall–Kier alpha value is -0.153. The summed E-state index contributed by atoms with van der Waals surface area (Å²) in [6.07, 6.45) is 1.67. The van der Waals surface area contributed by atoms with E-state index >= 15 is 0 Å². The van der Waals surface area contributed by atoms with E-state index in [0.29, 0.717) is 18.4 Å². The van der Waals surface area contributed by atoms with Crippen LogP contribution in [0.3, 0.4) is 0 Å². The molecule has 0 saturated heterocycles. The molecule has 0 N–H and O–H groups in total. The topological polar surface area (TPSA) is 26.3 Å². The van der Waals surface area contributed by atoms with Crippen LogP contribution in [-0.2, 0) is 9.22 Å². The quantitative estimate of drug-likeness (QED) is 0.526. The van der Waals surface area contributed by atoms with Gasteiger partial charge in [0.15, 0.2) is 0 Å². The van der Waals surface area contributed by atoms with Crippen molar-refractivity contribution in [2.45, 2.75) is 26.7 Å². The lowest BCUT2D eigenvalue weighted by Gasteiger charge is -1.95. The fourth-order valence-corrected chi connectivity index (χ4v) is 1.50. The van der Waals surface area contributed by atoms with E-state index in [1.807, 2.05) is 13.8 Å². The van der Waals surface area contributed by atoms with Gasteiger partial charge in [0.05, 0.1) is 0 Å². The molecule has 0 spiro atoms. The van der Waals surface area contributed by atoms with Crippen molar-refractivity contribution in [2.75, 3.05) is 6.61 Å². The van der Waals surface area contributed by atoms with Gasteiger partial charge in [-0.1, -0.05) is 6.92 Å². The average Bonchev–Trinajstić information content (AvgIpc) is 1.85. The van der Waals surface area contributed by atoms with Gasteiger partial charge in [0.1, 0.15) is 5.41 Å². The molecular formula is C6H14O2Si. The molecule has 2 nitrogen and oxygen atoms in total. The molecular weight excluding hydrogens is 132 g/mol. The van der Waals surface area contributed by atoms with Crippen LogP contribution in [0, 0.1) is 0 Å². The highest BCUT2D eigenvalue weighted by atomic mass is 28.2. The Morgan fingerprint density at radius 3 is 2.67 bits per heavy atom. The summed E-state index contributed by atoms with van der Waals surface area (Å²) in [6, 6.07) is 0. The number of carbonyl (C=O) groups is 1. The molecule has 0 saturated carbocycles. The van der Waals surface area contributed by atoms with Gasteiger partial charge in [0.25, 0.3) is 0 Å². The Morgan fingerprint density at radius 1 is 1.56 bits per heavy atom. The smallest absolute Gasteiger partial charge is 0.234 e. The average molecular weight is 146 g/mol. The van der Waals surface area contributed by atoms with Crippen molar-refractivity contribution in [2.24, 2.45) is 0 Å². The van der Waals surface area contributed by atoms with Gasteiger partial charge >= 0.3 is 0 Å². The van der Waals surface area contributed by atoms with Gasteiger partial charge < -0.3 is 9.22 Å². The van der Waals surface area contributed by atoms with Crippen molar-refractivity contribution in [3.8, 4) is 0 Å². The van der Waals surface area contributed by atoms with E-state index in [4.69, 9.17) is 4.43 Å². The lowest BCUT2D eigenvalue weighted by atomic mass is 10.4. The van der Waals surface area contributed by atoms with E-state index in [0.717, 1.165) is 6.42 Å². The third kappa shape index (κ3) is 5.72. The maximum Gasteiger partial charge on any atom is 0.234 e. The standard InChI is InChI=1S/C6H14O2Si/c1-3-5-6(7)9-8-4-2/h3-5,9H2,1-2H3. The van der Waals surface area contributed by atoms with Gasteiger partial charge in [-0.3, -0.25) is 0 Å². The van der Waals surface area contributed by atoms with Crippen LogP contribution in [0.5, 0.6) is 0 Å². The fourth-order valence-electron chi connectivity index (χ4n) is 0.567. The van der Waals surface area contributed by atoms with Crippen LogP contribution in [0.4, 0.5) is 0 Å². The summed E-state index contributed by atoms with van der Waals surface area (Å²) in [4.78, 5) is 10.7. The first kappa shape index (κ1) is 8.85. The van der Waals surface area contributed by atoms with Crippen LogP contribution in [-0.4, -0.2) is 21.8 Å². The molecule has 0 bridgehead atoms. The molecule has 0 atom stereocenters. The SMILES string of the molecule is CCCC(=O)[SiH2]OCC.